The highest BCUT2D eigenvalue weighted by Crippen LogP contribution is 2.29. The van der Waals surface area contributed by atoms with Crippen LogP contribution in [0.1, 0.15) is 0 Å². The minimum absolute atomic E-state index is 0.0267. The maximum atomic E-state index is 12.2. The fraction of sp³-hybridized carbons (Fsp3) is 0.0714. The van der Waals surface area contributed by atoms with E-state index in [0.717, 1.165) is 0 Å². The van der Waals surface area contributed by atoms with Crippen molar-refractivity contribution < 1.29 is 13.5 Å². The quantitative estimate of drug-likeness (QED) is 0.615. The largest absolute Gasteiger partial charge is 0.433 e. The monoisotopic (exact) mass is 396 g/mol. The summed E-state index contributed by atoms with van der Waals surface area (Å²) in [6.07, 6.45) is 0. The third kappa shape index (κ3) is 5.35. The van der Waals surface area contributed by atoms with Gasteiger partial charge >= 0.3 is 6.61 Å². The molecule has 2 N–H and O–H groups in total. The van der Waals surface area contributed by atoms with Crippen LogP contribution in [0.3, 0.4) is 0 Å². The molecular formula is C14H9Cl3F2N2OS. The Labute approximate surface area is 151 Å². The molecule has 2 aromatic rings. The van der Waals surface area contributed by atoms with Crippen LogP contribution in [-0.2, 0) is 0 Å². The minimum atomic E-state index is -2.95. The van der Waals surface area contributed by atoms with Gasteiger partial charge in [0.05, 0.1) is 15.7 Å². The van der Waals surface area contributed by atoms with Crippen molar-refractivity contribution in [1.29, 1.82) is 0 Å². The van der Waals surface area contributed by atoms with E-state index < -0.39 is 6.61 Å². The summed E-state index contributed by atoms with van der Waals surface area (Å²) in [7, 11) is 0. The van der Waals surface area contributed by atoms with Gasteiger partial charge in [0.2, 0.25) is 0 Å². The number of thiocarbonyl (C=S) groups is 1. The molecule has 0 radical (unpaired) electrons. The van der Waals surface area contributed by atoms with E-state index in [0.29, 0.717) is 21.4 Å². The predicted molar refractivity (Wildman–Crippen MR) is 94.4 cm³/mol. The van der Waals surface area contributed by atoms with E-state index >= 15 is 0 Å². The van der Waals surface area contributed by atoms with E-state index in [1.54, 1.807) is 18.2 Å². The molecule has 0 aliphatic carbocycles. The second kappa shape index (κ2) is 7.97. The number of anilines is 2. The number of nitrogens with one attached hydrogen (secondary N) is 2. The highest BCUT2D eigenvalue weighted by Gasteiger charge is 2.10. The highest BCUT2D eigenvalue weighted by atomic mass is 35.5. The Morgan fingerprint density at radius 1 is 1.00 bits per heavy atom. The van der Waals surface area contributed by atoms with Crippen LogP contribution in [0.25, 0.3) is 0 Å². The molecule has 122 valence electrons. The van der Waals surface area contributed by atoms with Crippen LogP contribution in [0.4, 0.5) is 20.2 Å². The first kappa shape index (κ1) is 18.0. The SMILES string of the molecule is FC(F)Oc1ccc(NC(=S)Nc2cc(Cl)ccc2Cl)cc1Cl. The van der Waals surface area contributed by atoms with Gasteiger partial charge in [-0.15, -0.1) is 0 Å². The smallest absolute Gasteiger partial charge is 0.387 e. The molecule has 0 aromatic heterocycles. The molecule has 0 aliphatic heterocycles. The summed E-state index contributed by atoms with van der Waals surface area (Å²) >= 11 is 22.9. The molecule has 0 saturated carbocycles. The van der Waals surface area contributed by atoms with Gasteiger partial charge in [-0.2, -0.15) is 8.78 Å². The molecule has 0 heterocycles. The molecule has 2 aromatic carbocycles. The Morgan fingerprint density at radius 2 is 1.74 bits per heavy atom. The van der Waals surface area contributed by atoms with E-state index in [2.05, 4.69) is 15.4 Å². The van der Waals surface area contributed by atoms with Crippen molar-refractivity contribution in [3.63, 3.8) is 0 Å². The molecular weight excluding hydrogens is 389 g/mol. The van der Waals surface area contributed by atoms with Crippen LogP contribution in [0.2, 0.25) is 15.1 Å². The van der Waals surface area contributed by atoms with Crippen LogP contribution < -0.4 is 15.4 Å². The summed E-state index contributed by atoms with van der Waals surface area (Å²) in [6, 6.07) is 9.11. The van der Waals surface area contributed by atoms with Crippen molar-refractivity contribution in [3.8, 4) is 5.75 Å². The van der Waals surface area contributed by atoms with Crippen molar-refractivity contribution in [1.82, 2.24) is 0 Å². The average molecular weight is 398 g/mol. The van der Waals surface area contributed by atoms with Crippen LogP contribution in [0, 0.1) is 0 Å². The van der Waals surface area contributed by atoms with E-state index in [1.165, 1.54) is 18.2 Å². The molecule has 2 rings (SSSR count). The first-order valence-electron chi connectivity index (χ1n) is 6.12. The summed E-state index contributed by atoms with van der Waals surface area (Å²) in [6.45, 7) is -2.95. The number of benzene rings is 2. The molecule has 9 heteroatoms. The first-order valence-corrected chi connectivity index (χ1v) is 7.67. The molecule has 0 fully saturated rings. The Morgan fingerprint density at radius 3 is 2.39 bits per heavy atom. The number of hydrogen-bond donors (Lipinski definition) is 2. The topological polar surface area (TPSA) is 33.3 Å². The van der Waals surface area contributed by atoms with Gasteiger partial charge in [0.15, 0.2) is 5.11 Å². The van der Waals surface area contributed by atoms with Crippen molar-refractivity contribution in [2.45, 2.75) is 6.61 Å². The number of ether oxygens (including phenoxy) is 1. The van der Waals surface area contributed by atoms with Crippen LogP contribution in [0.5, 0.6) is 5.75 Å². The second-order valence-electron chi connectivity index (χ2n) is 4.23. The maximum absolute atomic E-state index is 12.2. The van der Waals surface area contributed by atoms with Gasteiger partial charge in [-0.3, -0.25) is 0 Å². The Balaban J connectivity index is 2.05. The van der Waals surface area contributed by atoms with Crippen LogP contribution in [0.15, 0.2) is 36.4 Å². The van der Waals surface area contributed by atoms with Crippen molar-refractivity contribution >= 4 is 63.5 Å². The minimum Gasteiger partial charge on any atom is -0.433 e. The van der Waals surface area contributed by atoms with Gasteiger partial charge in [-0.05, 0) is 48.6 Å². The molecule has 0 atom stereocenters. The lowest BCUT2D eigenvalue weighted by Gasteiger charge is -2.13. The molecule has 23 heavy (non-hydrogen) atoms. The number of rotatable bonds is 4. The van der Waals surface area contributed by atoms with Crippen molar-refractivity contribution in [2.24, 2.45) is 0 Å². The second-order valence-corrected chi connectivity index (χ2v) is 5.89. The first-order chi connectivity index (χ1) is 10.8. The molecule has 0 amide bonds. The molecule has 0 unspecified atom stereocenters. The van der Waals surface area contributed by atoms with E-state index in [1.807, 2.05) is 0 Å². The molecule has 0 aliphatic rings. The van der Waals surface area contributed by atoms with E-state index in [4.69, 9.17) is 47.0 Å². The maximum Gasteiger partial charge on any atom is 0.387 e. The average Bonchev–Trinajstić information content (AvgIpc) is 2.45. The fourth-order valence-electron chi connectivity index (χ4n) is 1.65. The molecule has 0 saturated heterocycles. The van der Waals surface area contributed by atoms with Crippen molar-refractivity contribution in [3.05, 3.63) is 51.5 Å². The van der Waals surface area contributed by atoms with Gasteiger partial charge in [-0.1, -0.05) is 34.8 Å². The van der Waals surface area contributed by atoms with Gasteiger partial charge in [0.1, 0.15) is 5.75 Å². The van der Waals surface area contributed by atoms with Crippen molar-refractivity contribution in [2.75, 3.05) is 10.6 Å². The van der Waals surface area contributed by atoms with Crippen LogP contribution >= 0.6 is 47.0 Å². The Bertz CT molecular complexity index is 731. The zero-order chi connectivity index (χ0) is 17.0. The lowest BCUT2D eigenvalue weighted by atomic mass is 10.3. The summed E-state index contributed by atoms with van der Waals surface area (Å²) in [5, 5.41) is 6.92. The zero-order valence-corrected chi connectivity index (χ0v) is 14.3. The standard InChI is InChI=1S/C14H9Cl3F2N2OS/c15-7-1-3-9(16)11(5-7)21-14(23)20-8-2-4-12(10(17)6-8)22-13(18)19/h1-6,13H,(H2,20,21,23). The number of alkyl halides is 2. The van der Waals surface area contributed by atoms with E-state index in [-0.39, 0.29) is 15.9 Å². The lowest BCUT2D eigenvalue weighted by Crippen LogP contribution is -2.19. The summed E-state index contributed by atoms with van der Waals surface area (Å²) in [5.41, 5.74) is 1.02. The fourth-order valence-corrected chi connectivity index (χ4v) is 2.44. The number of hydrogen-bond acceptors (Lipinski definition) is 2. The predicted octanol–water partition coefficient (Wildman–Crippen LogP) is 6.06. The summed E-state index contributed by atoms with van der Waals surface area (Å²) in [4.78, 5) is 0. The zero-order valence-electron chi connectivity index (χ0n) is 11.2. The summed E-state index contributed by atoms with van der Waals surface area (Å²) < 4.78 is 28.6. The Hall–Kier alpha value is -1.34. The number of halogens is 5. The third-order valence-electron chi connectivity index (χ3n) is 2.58. The van der Waals surface area contributed by atoms with Gasteiger partial charge in [-0.25, -0.2) is 0 Å². The van der Waals surface area contributed by atoms with Gasteiger partial charge in [0.25, 0.3) is 0 Å². The normalized spacial score (nSPS) is 10.5. The molecule has 0 bridgehead atoms. The van der Waals surface area contributed by atoms with Crippen LogP contribution in [-0.4, -0.2) is 11.7 Å². The van der Waals surface area contributed by atoms with E-state index in [9.17, 15) is 8.78 Å². The lowest BCUT2D eigenvalue weighted by molar-refractivity contribution is -0.0497. The summed E-state index contributed by atoms with van der Waals surface area (Å²) in [5.74, 6) is -0.121. The molecule has 3 nitrogen and oxygen atoms in total. The highest BCUT2D eigenvalue weighted by molar-refractivity contribution is 7.80. The van der Waals surface area contributed by atoms with Gasteiger partial charge < -0.3 is 15.4 Å². The third-order valence-corrected chi connectivity index (χ3v) is 3.65. The Kier molecular flexibility index (Phi) is 6.24. The molecule has 0 spiro atoms. The van der Waals surface area contributed by atoms with Gasteiger partial charge in [0, 0.05) is 10.7 Å².